The van der Waals surface area contributed by atoms with Crippen LogP contribution in [0.25, 0.3) is 0 Å². The summed E-state index contributed by atoms with van der Waals surface area (Å²) in [6.07, 6.45) is 3.48. The van der Waals surface area contributed by atoms with Gasteiger partial charge in [-0.2, -0.15) is 5.10 Å². The highest BCUT2D eigenvalue weighted by atomic mass is 16.5. The van der Waals surface area contributed by atoms with Crippen molar-refractivity contribution in [2.24, 2.45) is 5.92 Å². The minimum Gasteiger partial charge on any atom is -0.396 e. The van der Waals surface area contributed by atoms with Gasteiger partial charge in [0.05, 0.1) is 31.3 Å². The Hall–Kier alpha value is -1.36. The fraction of sp³-hybridized carbons (Fsp3) is 0.500. The van der Waals surface area contributed by atoms with E-state index in [1.807, 2.05) is 0 Å². The van der Waals surface area contributed by atoms with Gasteiger partial charge in [-0.25, -0.2) is 4.68 Å². The Morgan fingerprint density at radius 1 is 1.77 bits per heavy atom. The fourth-order valence-corrected chi connectivity index (χ4v) is 1.22. The van der Waals surface area contributed by atoms with Crippen LogP contribution in [0.3, 0.4) is 0 Å². The fourth-order valence-electron chi connectivity index (χ4n) is 1.22. The molecular formula is C8H11N3O2. The molecule has 1 fully saturated rings. The van der Waals surface area contributed by atoms with Gasteiger partial charge in [0.15, 0.2) is 0 Å². The van der Waals surface area contributed by atoms with E-state index in [1.165, 1.54) is 17.1 Å². The number of nitrogens with zero attached hydrogens (tertiary/aromatic N) is 2. The third-order valence-electron chi connectivity index (χ3n) is 2.03. The van der Waals surface area contributed by atoms with Gasteiger partial charge in [-0.05, 0) is 0 Å². The maximum atomic E-state index is 11.5. The van der Waals surface area contributed by atoms with Crippen molar-refractivity contribution in [2.45, 2.75) is 6.42 Å². The molecule has 0 aliphatic carbocycles. The summed E-state index contributed by atoms with van der Waals surface area (Å²) in [4.78, 5) is 11.5. The van der Waals surface area contributed by atoms with Crippen molar-refractivity contribution in [3.63, 3.8) is 0 Å². The molecule has 0 atom stereocenters. The third-order valence-corrected chi connectivity index (χ3v) is 2.03. The van der Waals surface area contributed by atoms with Gasteiger partial charge in [-0.1, -0.05) is 0 Å². The maximum absolute atomic E-state index is 11.5. The minimum absolute atomic E-state index is 0.0231. The van der Waals surface area contributed by atoms with E-state index in [1.54, 1.807) is 0 Å². The molecule has 1 saturated heterocycles. The Labute approximate surface area is 75.5 Å². The summed E-state index contributed by atoms with van der Waals surface area (Å²) in [5.41, 5.74) is 5.95. The van der Waals surface area contributed by atoms with Gasteiger partial charge in [-0.15, -0.1) is 0 Å². The second-order valence-corrected chi connectivity index (χ2v) is 3.22. The first-order valence-electron chi connectivity index (χ1n) is 4.17. The van der Waals surface area contributed by atoms with E-state index >= 15 is 0 Å². The van der Waals surface area contributed by atoms with Gasteiger partial charge in [0, 0.05) is 12.3 Å². The van der Waals surface area contributed by atoms with Crippen molar-refractivity contribution in [1.82, 2.24) is 9.78 Å². The van der Waals surface area contributed by atoms with Crippen molar-refractivity contribution in [1.29, 1.82) is 0 Å². The van der Waals surface area contributed by atoms with E-state index in [-0.39, 0.29) is 5.91 Å². The van der Waals surface area contributed by atoms with Gasteiger partial charge in [-0.3, -0.25) is 4.79 Å². The zero-order chi connectivity index (χ0) is 9.26. The summed E-state index contributed by atoms with van der Waals surface area (Å²) in [6.45, 7) is 1.37. The first-order chi connectivity index (χ1) is 6.25. The van der Waals surface area contributed by atoms with Gasteiger partial charge < -0.3 is 10.5 Å². The molecule has 13 heavy (non-hydrogen) atoms. The highest BCUT2D eigenvalue weighted by Gasteiger charge is 2.22. The molecule has 0 unspecified atom stereocenters. The lowest BCUT2D eigenvalue weighted by molar-refractivity contribution is -0.0334. The van der Waals surface area contributed by atoms with Gasteiger partial charge >= 0.3 is 0 Å². The molecule has 1 aliphatic heterocycles. The molecule has 0 saturated carbocycles. The Morgan fingerprint density at radius 3 is 3.00 bits per heavy atom. The van der Waals surface area contributed by atoms with Crippen LogP contribution in [-0.4, -0.2) is 28.9 Å². The summed E-state index contributed by atoms with van der Waals surface area (Å²) >= 11 is 0. The summed E-state index contributed by atoms with van der Waals surface area (Å²) in [5, 5.41) is 3.83. The molecule has 1 aromatic rings. The lowest BCUT2D eigenvalue weighted by atomic mass is 10.0. The van der Waals surface area contributed by atoms with Crippen LogP contribution in [0.15, 0.2) is 12.4 Å². The van der Waals surface area contributed by atoms with E-state index in [9.17, 15) is 4.79 Å². The van der Waals surface area contributed by atoms with Crippen molar-refractivity contribution in [3.8, 4) is 0 Å². The number of nitrogens with two attached hydrogens (primary N) is 1. The number of rotatable bonds is 2. The van der Waals surface area contributed by atoms with Crippen molar-refractivity contribution in [3.05, 3.63) is 12.4 Å². The van der Waals surface area contributed by atoms with Crippen LogP contribution < -0.4 is 5.73 Å². The Morgan fingerprint density at radius 2 is 2.54 bits per heavy atom. The molecule has 1 aromatic heterocycles. The molecule has 0 bridgehead atoms. The summed E-state index contributed by atoms with van der Waals surface area (Å²) in [5.74, 6) is 0.336. The SMILES string of the molecule is Nc1cnn(C(=O)CC2COC2)c1. The predicted molar refractivity (Wildman–Crippen MR) is 46.2 cm³/mol. The smallest absolute Gasteiger partial charge is 0.247 e. The number of nitrogen functional groups attached to an aromatic ring is 1. The lowest BCUT2D eigenvalue weighted by Crippen LogP contribution is -2.31. The highest BCUT2D eigenvalue weighted by Crippen LogP contribution is 2.15. The number of ether oxygens (including phenoxy) is 1. The molecule has 70 valence electrons. The Balaban J connectivity index is 1.96. The molecule has 5 heteroatoms. The molecule has 2 N–H and O–H groups in total. The molecule has 0 aromatic carbocycles. The highest BCUT2D eigenvalue weighted by molar-refractivity contribution is 5.78. The minimum atomic E-state index is -0.0231. The topological polar surface area (TPSA) is 70.1 Å². The Kier molecular flexibility index (Phi) is 2.02. The number of hydrogen-bond donors (Lipinski definition) is 1. The van der Waals surface area contributed by atoms with E-state index in [0.717, 1.165) is 0 Å². The first-order valence-corrected chi connectivity index (χ1v) is 4.17. The third kappa shape index (κ3) is 1.70. The number of anilines is 1. The quantitative estimate of drug-likeness (QED) is 0.704. The number of carbonyl (C=O) groups excluding carboxylic acids is 1. The average Bonchev–Trinajstić information content (AvgIpc) is 2.44. The van der Waals surface area contributed by atoms with Crippen LogP contribution >= 0.6 is 0 Å². The van der Waals surface area contributed by atoms with Crippen molar-refractivity contribution in [2.75, 3.05) is 18.9 Å². The molecule has 0 spiro atoms. The van der Waals surface area contributed by atoms with Crippen LogP contribution in [0.5, 0.6) is 0 Å². The molecule has 5 nitrogen and oxygen atoms in total. The monoisotopic (exact) mass is 181 g/mol. The molecule has 0 amide bonds. The average molecular weight is 181 g/mol. The van der Waals surface area contributed by atoms with Crippen LogP contribution in [0.1, 0.15) is 11.2 Å². The lowest BCUT2D eigenvalue weighted by Gasteiger charge is -2.24. The zero-order valence-corrected chi connectivity index (χ0v) is 7.14. The summed E-state index contributed by atoms with van der Waals surface area (Å²) < 4.78 is 6.26. The van der Waals surface area contributed by atoms with Gasteiger partial charge in [0.2, 0.25) is 5.91 Å². The molecule has 2 rings (SSSR count). The van der Waals surface area contributed by atoms with Crippen LogP contribution in [-0.2, 0) is 4.74 Å². The standard InChI is InChI=1S/C8H11N3O2/c9-7-2-10-11(3-7)8(12)1-6-4-13-5-6/h2-3,6H,1,4-5,9H2. The van der Waals surface area contributed by atoms with E-state index < -0.39 is 0 Å². The van der Waals surface area contributed by atoms with E-state index in [4.69, 9.17) is 10.5 Å². The second kappa shape index (κ2) is 3.18. The van der Waals surface area contributed by atoms with Gasteiger partial charge in [0.25, 0.3) is 0 Å². The van der Waals surface area contributed by atoms with Crippen molar-refractivity contribution < 1.29 is 9.53 Å². The summed E-state index contributed by atoms with van der Waals surface area (Å²) in [6, 6.07) is 0. The van der Waals surface area contributed by atoms with Crippen LogP contribution in [0.4, 0.5) is 5.69 Å². The van der Waals surface area contributed by atoms with Crippen molar-refractivity contribution >= 4 is 11.6 Å². The molecule has 1 aliphatic rings. The predicted octanol–water partition coefficient (Wildman–Crippen LogP) is 0.142. The molecular weight excluding hydrogens is 170 g/mol. The van der Waals surface area contributed by atoms with Crippen LogP contribution in [0, 0.1) is 5.92 Å². The number of aromatic nitrogens is 2. The maximum Gasteiger partial charge on any atom is 0.247 e. The normalized spacial score (nSPS) is 16.9. The summed E-state index contributed by atoms with van der Waals surface area (Å²) in [7, 11) is 0. The molecule has 0 radical (unpaired) electrons. The largest absolute Gasteiger partial charge is 0.396 e. The number of carbonyl (C=O) groups is 1. The van der Waals surface area contributed by atoms with Crippen LogP contribution in [0.2, 0.25) is 0 Å². The number of hydrogen-bond acceptors (Lipinski definition) is 4. The Bertz CT molecular complexity index is 317. The zero-order valence-electron chi connectivity index (χ0n) is 7.14. The molecule has 2 heterocycles. The van der Waals surface area contributed by atoms with E-state index in [2.05, 4.69) is 5.10 Å². The second-order valence-electron chi connectivity index (χ2n) is 3.22. The van der Waals surface area contributed by atoms with Gasteiger partial charge in [0.1, 0.15) is 0 Å². The van der Waals surface area contributed by atoms with E-state index in [0.29, 0.717) is 31.2 Å². The first kappa shape index (κ1) is 8.25.